The van der Waals surface area contributed by atoms with Crippen LogP contribution in [-0.2, 0) is 18.9 Å². The summed E-state index contributed by atoms with van der Waals surface area (Å²) >= 11 is 0. The Balaban J connectivity index is 2.17. The van der Waals surface area contributed by atoms with E-state index in [1.54, 1.807) is 0 Å². The fourth-order valence-electron chi connectivity index (χ4n) is 1.71. The number of hydrogen-bond acceptors (Lipinski definition) is 5. The Kier molecular flexibility index (Phi) is 3.90. The molecule has 0 saturated heterocycles. The molecule has 1 atom stereocenters. The van der Waals surface area contributed by atoms with E-state index in [0.717, 1.165) is 11.5 Å². The van der Waals surface area contributed by atoms with Gasteiger partial charge in [-0.15, -0.1) is 0 Å². The van der Waals surface area contributed by atoms with Crippen LogP contribution in [0.25, 0.3) is 0 Å². The van der Waals surface area contributed by atoms with Gasteiger partial charge >= 0.3 is 0 Å². The van der Waals surface area contributed by atoms with Crippen molar-refractivity contribution < 1.29 is 21.6 Å². The van der Waals surface area contributed by atoms with Crippen LogP contribution in [0, 0.1) is 0 Å². The van der Waals surface area contributed by atoms with Crippen molar-refractivity contribution >= 4 is 35.5 Å². The fourth-order valence-corrected chi connectivity index (χ4v) is 3.74. The number of hydrogen-bond donors (Lipinski definition) is 1. The van der Waals surface area contributed by atoms with Crippen molar-refractivity contribution in [3.63, 3.8) is 0 Å². The van der Waals surface area contributed by atoms with Crippen molar-refractivity contribution in [2.45, 2.75) is 10.9 Å². The summed E-state index contributed by atoms with van der Waals surface area (Å²) in [6, 6.07) is 4.56. The van der Waals surface area contributed by atoms with Crippen molar-refractivity contribution in [2.75, 3.05) is 5.75 Å². The molecule has 1 aliphatic rings. The predicted molar refractivity (Wildman–Crippen MR) is 73.7 cm³/mol. The smallest absolute Gasteiger partial charge is 0.261 e. The third kappa shape index (κ3) is 3.59. The molecule has 1 aliphatic heterocycles. The average molecular weight is 336 g/mol. The summed E-state index contributed by atoms with van der Waals surface area (Å²) in [5.41, 5.74) is 0.0874. The normalized spacial score (nSPS) is 20.8. The van der Waals surface area contributed by atoms with Gasteiger partial charge in [-0.25, -0.2) is 16.8 Å². The van der Waals surface area contributed by atoms with Gasteiger partial charge in [-0.1, -0.05) is 6.07 Å². The number of rotatable bonds is 3. The molecule has 108 valence electrons. The lowest BCUT2D eigenvalue weighted by molar-refractivity contribution is 0.0947. The first kappa shape index (κ1) is 15.0. The Labute approximate surface area is 120 Å². The van der Waals surface area contributed by atoms with Crippen LogP contribution in [-0.4, -0.2) is 34.5 Å². The first-order valence-electron chi connectivity index (χ1n) is 5.44. The highest BCUT2D eigenvalue weighted by Gasteiger charge is 2.23. The number of halogens is 1. The molecule has 6 nitrogen and oxygen atoms in total. The minimum absolute atomic E-state index is 0.0874. The van der Waals surface area contributed by atoms with E-state index in [0.29, 0.717) is 0 Å². The lowest BCUT2D eigenvalue weighted by Gasteiger charge is -2.10. The van der Waals surface area contributed by atoms with E-state index in [1.807, 2.05) is 0 Å². The Bertz CT molecular complexity index is 783. The Morgan fingerprint density at radius 3 is 2.60 bits per heavy atom. The molecular weight excluding hydrogens is 326 g/mol. The lowest BCUT2D eigenvalue weighted by Crippen LogP contribution is -2.35. The summed E-state index contributed by atoms with van der Waals surface area (Å²) in [6.07, 6.45) is 1.37. The summed E-state index contributed by atoms with van der Waals surface area (Å²) in [7, 11) is -2.00. The second kappa shape index (κ2) is 5.19. The molecule has 0 spiro atoms. The van der Waals surface area contributed by atoms with Crippen molar-refractivity contribution in [1.29, 1.82) is 0 Å². The first-order valence-corrected chi connectivity index (χ1v) is 9.46. The molecule has 1 aromatic carbocycles. The van der Waals surface area contributed by atoms with Gasteiger partial charge in [0.15, 0.2) is 9.84 Å². The highest BCUT2D eigenvalue weighted by Crippen LogP contribution is 2.16. The highest BCUT2D eigenvalue weighted by atomic mass is 35.7. The van der Waals surface area contributed by atoms with Gasteiger partial charge < -0.3 is 5.32 Å². The largest absolute Gasteiger partial charge is 0.345 e. The second-order valence-corrected chi connectivity index (χ2v) is 8.70. The van der Waals surface area contributed by atoms with E-state index in [2.05, 4.69) is 5.32 Å². The topological polar surface area (TPSA) is 97.4 Å². The Morgan fingerprint density at radius 2 is 2.05 bits per heavy atom. The molecule has 0 fully saturated rings. The number of carbonyl (C=O) groups is 1. The predicted octanol–water partition coefficient (Wildman–Crippen LogP) is 0.655. The zero-order valence-corrected chi connectivity index (χ0v) is 12.4. The molecule has 0 radical (unpaired) electrons. The van der Waals surface area contributed by atoms with Gasteiger partial charge in [0.05, 0.1) is 16.7 Å². The van der Waals surface area contributed by atoms with Crippen molar-refractivity contribution in [2.24, 2.45) is 0 Å². The molecule has 9 heteroatoms. The number of carbonyl (C=O) groups excluding carboxylic acids is 1. The SMILES string of the molecule is O=C(NC1C=CS(=O)(=O)C1)c1cccc(S(=O)(=O)Cl)c1. The van der Waals surface area contributed by atoms with Crippen LogP contribution < -0.4 is 5.32 Å². The van der Waals surface area contributed by atoms with E-state index in [1.165, 1.54) is 24.3 Å². The summed E-state index contributed by atoms with van der Waals surface area (Å²) < 4.78 is 44.8. The standard InChI is InChI=1S/C11H10ClNO5S2/c12-20(17,18)10-3-1-2-8(6-10)11(14)13-9-4-5-19(15,16)7-9/h1-6,9H,7H2,(H,13,14). The van der Waals surface area contributed by atoms with Gasteiger partial charge in [-0.05, 0) is 24.3 Å². The molecule has 1 heterocycles. The second-order valence-electron chi connectivity index (χ2n) is 4.20. The van der Waals surface area contributed by atoms with Crippen LogP contribution in [0.2, 0.25) is 0 Å². The molecule has 1 unspecified atom stereocenters. The van der Waals surface area contributed by atoms with Crippen LogP contribution in [0.3, 0.4) is 0 Å². The Morgan fingerprint density at radius 1 is 1.35 bits per heavy atom. The number of nitrogens with one attached hydrogen (secondary N) is 1. The third-order valence-corrected chi connectivity index (χ3v) is 5.37. The minimum atomic E-state index is -3.92. The van der Waals surface area contributed by atoms with Crippen LogP contribution in [0.15, 0.2) is 40.6 Å². The van der Waals surface area contributed by atoms with Crippen LogP contribution in [0.4, 0.5) is 0 Å². The number of sulfone groups is 1. The first-order chi connectivity index (χ1) is 9.17. The molecule has 2 rings (SSSR count). The summed E-state index contributed by atoms with van der Waals surface area (Å²) in [5, 5.41) is 3.53. The van der Waals surface area contributed by atoms with E-state index >= 15 is 0 Å². The molecule has 0 aliphatic carbocycles. The van der Waals surface area contributed by atoms with E-state index in [-0.39, 0.29) is 16.2 Å². The molecular formula is C11H10ClNO5S2. The van der Waals surface area contributed by atoms with E-state index in [9.17, 15) is 21.6 Å². The summed E-state index contributed by atoms with van der Waals surface area (Å²) in [4.78, 5) is 11.7. The lowest BCUT2D eigenvalue weighted by atomic mass is 10.2. The minimum Gasteiger partial charge on any atom is -0.345 e. The monoisotopic (exact) mass is 335 g/mol. The van der Waals surface area contributed by atoms with Crippen molar-refractivity contribution in [3.05, 3.63) is 41.3 Å². The van der Waals surface area contributed by atoms with Crippen LogP contribution in [0.1, 0.15) is 10.4 Å². The maximum atomic E-state index is 11.9. The quantitative estimate of drug-likeness (QED) is 0.818. The summed E-state index contributed by atoms with van der Waals surface area (Å²) in [6.45, 7) is 0. The summed E-state index contributed by atoms with van der Waals surface area (Å²) in [5.74, 6) is -0.773. The van der Waals surface area contributed by atoms with Gasteiger partial charge in [-0.3, -0.25) is 4.79 Å². The van der Waals surface area contributed by atoms with Gasteiger partial charge in [0.1, 0.15) is 0 Å². The molecule has 0 saturated carbocycles. The van der Waals surface area contributed by atoms with Crippen LogP contribution in [0.5, 0.6) is 0 Å². The molecule has 1 N–H and O–H groups in total. The average Bonchev–Trinajstić information content (AvgIpc) is 2.68. The molecule has 1 aromatic rings. The Hall–Kier alpha value is -1.38. The maximum absolute atomic E-state index is 11.9. The van der Waals surface area contributed by atoms with Crippen molar-refractivity contribution in [3.8, 4) is 0 Å². The maximum Gasteiger partial charge on any atom is 0.261 e. The van der Waals surface area contributed by atoms with Gasteiger partial charge in [-0.2, -0.15) is 0 Å². The van der Waals surface area contributed by atoms with Crippen molar-refractivity contribution in [1.82, 2.24) is 5.32 Å². The zero-order chi connectivity index (χ0) is 15.0. The molecule has 20 heavy (non-hydrogen) atoms. The zero-order valence-electron chi connectivity index (χ0n) is 9.98. The van der Waals surface area contributed by atoms with Gasteiger partial charge in [0.2, 0.25) is 0 Å². The van der Waals surface area contributed by atoms with Gasteiger partial charge in [0.25, 0.3) is 15.0 Å². The molecule has 1 amide bonds. The number of benzene rings is 1. The molecule has 0 aromatic heterocycles. The van der Waals surface area contributed by atoms with E-state index < -0.39 is 30.8 Å². The van der Waals surface area contributed by atoms with E-state index in [4.69, 9.17) is 10.7 Å². The third-order valence-electron chi connectivity index (χ3n) is 2.62. The van der Waals surface area contributed by atoms with Gasteiger partial charge in [0, 0.05) is 21.7 Å². The fraction of sp³-hybridized carbons (Fsp3) is 0.182. The number of amides is 1. The van der Waals surface area contributed by atoms with Crippen LogP contribution >= 0.6 is 10.7 Å². The molecule has 0 bridgehead atoms. The highest BCUT2D eigenvalue weighted by molar-refractivity contribution is 8.13.